The van der Waals surface area contributed by atoms with Gasteiger partial charge in [-0.1, -0.05) is 18.2 Å². The molecule has 2 aromatic carbocycles. The fraction of sp³-hybridized carbons (Fsp3) is 0.158. The van der Waals surface area contributed by atoms with Gasteiger partial charge in [0.1, 0.15) is 5.57 Å². The molecule has 1 fully saturated rings. The molecular weight excluding hydrogens is 320 g/mol. The molecule has 1 aliphatic heterocycles. The van der Waals surface area contributed by atoms with E-state index in [1.165, 1.54) is 17.2 Å². The summed E-state index contributed by atoms with van der Waals surface area (Å²) < 4.78 is 5.32. The van der Waals surface area contributed by atoms with Crippen LogP contribution in [-0.4, -0.2) is 23.5 Å². The number of hydrazine groups is 1. The number of phenols is 1. The Morgan fingerprint density at radius 3 is 2.72 bits per heavy atom. The van der Waals surface area contributed by atoms with Crippen LogP contribution in [0.3, 0.4) is 0 Å². The van der Waals surface area contributed by atoms with Crippen LogP contribution >= 0.6 is 0 Å². The smallest absolute Gasteiger partial charge is 0.282 e. The standard InChI is InChI=1S/C19H18N2O4/c1-3-25-17-11-13(7-8-16(17)22)10-15-18(23)20-21(19(15)24)14-6-4-5-12(2)9-14/h4-11,22H,3H2,1-2H3,(H,20,23)/b15-10+. The van der Waals surface area contributed by atoms with Gasteiger partial charge >= 0.3 is 0 Å². The van der Waals surface area contributed by atoms with E-state index in [0.29, 0.717) is 23.6 Å². The largest absolute Gasteiger partial charge is 0.504 e. The highest BCUT2D eigenvalue weighted by molar-refractivity contribution is 6.31. The minimum atomic E-state index is -0.474. The molecule has 0 aromatic heterocycles. The molecular formula is C19H18N2O4. The topological polar surface area (TPSA) is 78.9 Å². The van der Waals surface area contributed by atoms with E-state index < -0.39 is 11.8 Å². The van der Waals surface area contributed by atoms with Crippen LogP contribution in [0.4, 0.5) is 5.69 Å². The Morgan fingerprint density at radius 1 is 1.20 bits per heavy atom. The van der Waals surface area contributed by atoms with Crippen molar-refractivity contribution in [3.05, 3.63) is 59.2 Å². The van der Waals surface area contributed by atoms with Gasteiger partial charge in [0.2, 0.25) is 0 Å². The summed E-state index contributed by atoms with van der Waals surface area (Å²) in [6, 6.07) is 12.0. The molecule has 0 aliphatic carbocycles. The summed E-state index contributed by atoms with van der Waals surface area (Å²) in [5, 5.41) is 11.0. The minimum Gasteiger partial charge on any atom is -0.504 e. The van der Waals surface area contributed by atoms with E-state index in [-0.39, 0.29) is 11.3 Å². The van der Waals surface area contributed by atoms with Crippen LogP contribution in [0, 0.1) is 6.92 Å². The second kappa shape index (κ2) is 6.68. The number of carbonyl (C=O) groups excluding carboxylic acids is 2. The van der Waals surface area contributed by atoms with Crippen molar-refractivity contribution in [2.45, 2.75) is 13.8 Å². The van der Waals surface area contributed by atoms with Crippen LogP contribution in [0.15, 0.2) is 48.0 Å². The predicted octanol–water partition coefficient (Wildman–Crippen LogP) is 2.56. The van der Waals surface area contributed by atoms with Gasteiger partial charge in [0.15, 0.2) is 11.5 Å². The van der Waals surface area contributed by atoms with Crippen LogP contribution in [0.2, 0.25) is 0 Å². The van der Waals surface area contributed by atoms with Crippen molar-refractivity contribution < 1.29 is 19.4 Å². The van der Waals surface area contributed by atoms with Gasteiger partial charge in [-0.05, 0) is 55.3 Å². The van der Waals surface area contributed by atoms with Gasteiger partial charge in [0.05, 0.1) is 12.3 Å². The van der Waals surface area contributed by atoms with E-state index in [4.69, 9.17) is 4.74 Å². The summed E-state index contributed by atoms with van der Waals surface area (Å²) in [6.45, 7) is 4.11. The third-order valence-electron chi connectivity index (χ3n) is 3.75. The highest BCUT2D eigenvalue weighted by Crippen LogP contribution is 2.29. The third kappa shape index (κ3) is 3.33. The molecule has 1 saturated heterocycles. The number of nitrogens with one attached hydrogen (secondary N) is 1. The maximum absolute atomic E-state index is 12.6. The van der Waals surface area contributed by atoms with Crippen molar-refractivity contribution in [2.75, 3.05) is 11.6 Å². The summed E-state index contributed by atoms with van der Waals surface area (Å²) in [4.78, 5) is 24.8. The molecule has 128 valence electrons. The molecule has 1 heterocycles. The van der Waals surface area contributed by atoms with Gasteiger partial charge in [-0.2, -0.15) is 0 Å². The number of benzene rings is 2. The molecule has 2 aromatic rings. The fourth-order valence-corrected chi connectivity index (χ4v) is 2.56. The number of hydrogen-bond donors (Lipinski definition) is 2. The first-order chi connectivity index (χ1) is 12.0. The van der Waals surface area contributed by atoms with Gasteiger partial charge in [0.25, 0.3) is 11.8 Å². The number of anilines is 1. The van der Waals surface area contributed by atoms with Gasteiger partial charge in [-0.25, -0.2) is 5.01 Å². The van der Waals surface area contributed by atoms with Crippen molar-refractivity contribution in [3.63, 3.8) is 0 Å². The number of carbonyl (C=O) groups is 2. The Labute approximate surface area is 145 Å². The van der Waals surface area contributed by atoms with Crippen LogP contribution in [-0.2, 0) is 9.59 Å². The van der Waals surface area contributed by atoms with E-state index >= 15 is 0 Å². The fourth-order valence-electron chi connectivity index (χ4n) is 2.56. The van der Waals surface area contributed by atoms with Crippen LogP contribution in [0.1, 0.15) is 18.1 Å². The Hall–Kier alpha value is -3.28. The highest BCUT2D eigenvalue weighted by Gasteiger charge is 2.34. The molecule has 1 aliphatic rings. The lowest BCUT2D eigenvalue weighted by molar-refractivity contribution is -0.117. The number of aromatic hydroxyl groups is 1. The summed E-state index contributed by atoms with van der Waals surface area (Å²) >= 11 is 0. The summed E-state index contributed by atoms with van der Waals surface area (Å²) in [7, 11) is 0. The average Bonchev–Trinajstić information content (AvgIpc) is 2.86. The van der Waals surface area contributed by atoms with Crippen molar-refractivity contribution in [3.8, 4) is 11.5 Å². The average molecular weight is 338 g/mol. The Balaban J connectivity index is 1.92. The molecule has 0 bridgehead atoms. The summed E-state index contributed by atoms with van der Waals surface area (Å²) in [6.07, 6.45) is 1.48. The van der Waals surface area contributed by atoms with Crippen LogP contribution in [0.25, 0.3) is 6.08 Å². The molecule has 0 spiro atoms. The van der Waals surface area contributed by atoms with Gasteiger partial charge in [-0.3, -0.25) is 15.0 Å². The first-order valence-corrected chi connectivity index (χ1v) is 7.89. The first-order valence-electron chi connectivity index (χ1n) is 7.89. The van der Waals surface area contributed by atoms with Crippen LogP contribution in [0.5, 0.6) is 11.5 Å². The number of nitrogens with zero attached hydrogens (tertiary/aromatic N) is 1. The number of aryl methyl sites for hydroxylation is 1. The molecule has 2 amide bonds. The predicted molar refractivity (Wildman–Crippen MR) is 94.1 cm³/mol. The molecule has 0 saturated carbocycles. The maximum atomic E-state index is 12.6. The number of ether oxygens (including phenoxy) is 1. The summed E-state index contributed by atoms with van der Waals surface area (Å²) in [5.74, 6) is -0.593. The van der Waals surface area contributed by atoms with E-state index in [0.717, 1.165) is 5.56 Å². The molecule has 2 N–H and O–H groups in total. The molecule has 0 atom stereocenters. The first kappa shape index (κ1) is 16.6. The van der Waals surface area contributed by atoms with E-state index in [1.807, 2.05) is 25.1 Å². The number of hydrogen-bond acceptors (Lipinski definition) is 4. The van der Waals surface area contributed by atoms with E-state index in [2.05, 4.69) is 5.43 Å². The molecule has 0 radical (unpaired) electrons. The molecule has 6 nitrogen and oxygen atoms in total. The minimum absolute atomic E-state index is 0.00703. The normalized spacial score (nSPS) is 15.6. The molecule has 0 unspecified atom stereocenters. The summed E-state index contributed by atoms with van der Waals surface area (Å²) in [5.41, 5.74) is 4.76. The zero-order chi connectivity index (χ0) is 18.0. The van der Waals surface area contributed by atoms with Crippen LogP contribution < -0.4 is 15.2 Å². The third-order valence-corrected chi connectivity index (χ3v) is 3.75. The quantitative estimate of drug-likeness (QED) is 0.663. The Kier molecular flexibility index (Phi) is 4.43. The van der Waals surface area contributed by atoms with E-state index in [1.54, 1.807) is 25.1 Å². The molecule has 6 heteroatoms. The van der Waals surface area contributed by atoms with Gasteiger partial charge < -0.3 is 9.84 Å². The lowest BCUT2D eigenvalue weighted by Gasteiger charge is -2.14. The zero-order valence-corrected chi connectivity index (χ0v) is 13.9. The molecule has 3 rings (SSSR count). The SMILES string of the molecule is CCOc1cc(/C=C2\C(=O)NN(c3cccc(C)c3)C2=O)ccc1O. The zero-order valence-electron chi connectivity index (χ0n) is 13.9. The van der Waals surface area contributed by atoms with Crippen molar-refractivity contribution in [1.29, 1.82) is 0 Å². The number of amides is 2. The van der Waals surface area contributed by atoms with Gasteiger partial charge in [-0.15, -0.1) is 0 Å². The maximum Gasteiger partial charge on any atom is 0.282 e. The highest BCUT2D eigenvalue weighted by atomic mass is 16.5. The monoisotopic (exact) mass is 338 g/mol. The Morgan fingerprint density at radius 2 is 2.00 bits per heavy atom. The van der Waals surface area contributed by atoms with Crippen molar-refractivity contribution >= 4 is 23.6 Å². The number of rotatable bonds is 4. The van der Waals surface area contributed by atoms with Crippen molar-refractivity contribution in [1.82, 2.24) is 5.43 Å². The second-order valence-corrected chi connectivity index (χ2v) is 5.64. The lowest BCUT2D eigenvalue weighted by Crippen LogP contribution is -2.35. The van der Waals surface area contributed by atoms with Crippen molar-refractivity contribution in [2.24, 2.45) is 0 Å². The van der Waals surface area contributed by atoms with Gasteiger partial charge in [0, 0.05) is 0 Å². The lowest BCUT2D eigenvalue weighted by atomic mass is 10.1. The van der Waals surface area contributed by atoms with E-state index in [9.17, 15) is 14.7 Å². The molecule has 25 heavy (non-hydrogen) atoms. The number of phenolic OH excluding ortho intramolecular Hbond substituents is 1. The second-order valence-electron chi connectivity index (χ2n) is 5.64. The Bertz CT molecular complexity index is 873.